The Labute approximate surface area is 174 Å². The van der Waals surface area contributed by atoms with Crippen molar-refractivity contribution in [3.63, 3.8) is 0 Å². The Kier molecular flexibility index (Phi) is 5.42. The first-order chi connectivity index (χ1) is 13.8. The van der Waals surface area contributed by atoms with Crippen LogP contribution in [0.4, 0.5) is 5.69 Å². The number of carbonyl (C=O) groups is 1. The number of nitrogens with zero attached hydrogens (tertiary/aromatic N) is 2. The molecule has 1 fully saturated rings. The second kappa shape index (κ2) is 7.85. The van der Waals surface area contributed by atoms with Crippen molar-refractivity contribution < 1.29 is 13.2 Å². The number of fused-ring (bicyclic) bond motifs is 1. The molecule has 0 bridgehead atoms. The number of aryl methyl sites for hydroxylation is 1. The van der Waals surface area contributed by atoms with Crippen LogP contribution in [0, 0.1) is 6.92 Å². The van der Waals surface area contributed by atoms with E-state index < -0.39 is 16.1 Å². The highest BCUT2D eigenvalue weighted by atomic mass is 32.2. The topological polar surface area (TPSA) is 79.4 Å². The first-order valence-corrected chi connectivity index (χ1v) is 12.2. The van der Waals surface area contributed by atoms with Crippen LogP contribution in [0.5, 0.6) is 0 Å². The van der Waals surface area contributed by atoms with Gasteiger partial charge in [-0.2, -0.15) is 4.31 Å². The molecular formula is C21H23N3O3S2. The van der Waals surface area contributed by atoms with Crippen LogP contribution < -0.4 is 5.32 Å². The van der Waals surface area contributed by atoms with Gasteiger partial charge in [-0.3, -0.25) is 4.79 Å². The van der Waals surface area contributed by atoms with Gasteiger partial charge < -0.3 is 5.32 Å². The Morgan fingerprint density at radius 2 is 1.93 bits per heavy atom. The fraction of sp³-hybridized carbons (Fsp3) is 0.333. The maximum atomic E-state index is 12.7. The maximum absolute atomic E-state index is 12.7. The second-order valence-electron chi connectivity index (χ2n) is 7.44. The van der Waals surface area contributed by atoms with E-state index in [0.29, 0.717) is 18.7 Å². The maximum Gasteiger partial charge on any atom is 0.242 e. The monoisotopic (exact) mass is 429 g/mol. The Morgan fingerprint density at radius 1 is 1.17 bits per heavy atom. The van der Waals surface area contributed by atoms with E-state index in [2.05, 4.69) is 29.4 Å². The van der Waals surface area contributed by atoms with E-state index in [0.717, 1.165) is 39.9 Å². The molecule has 29 heavy (non-hydrogen) atoms. The number of aromatic nitrogens is 1. The van der Waals surface area contributed by atoms with Gasteiger partial charge in [-0.1, -0.05) is 12.5 Å². The van der Waals surface area contributed by atoms with Crippen molar-refractivity contribution in [2.75, 3.05) is 18.1 Å². The Morgan fingerprint density at radius 3 is 2.66 bits per heavy atom. The molecule has 2 aromatic carbocycles. The van der Waals surface area contributed by atoms with Gasteiger partial charge in [0, 0.05) is 17.8 Å². The third-order valence-electron chi connectivity index (χ3n) is 5.13. The van der Waals surface area contributed by atoms with Crippen LogP contribution in [-0.4, -0.2) is 42.5 Å². The van der Waals surface area contributed by atoms with Crippen LogP contribution >= 0.6 is 11.3 Å². The summed E-state index contributed by atoms with van der Waals surface area (Å²) in [4.78, 5) is 17.4. The molecule has 1 aliphatic rings. The lowest BCUT2D eigenvalue weighted by molar-refractivity contribution is -0.120. The molecule has 0 spiro atoms. The zero-order valence-corrected chi connectivity index (χ0v) is 18.0. The molecule has 2 heterocycles. The van der Waals surface area contributed by atoms with E-state index in [-0.39, 0.29) is 5.91 Å². The van der Waals surface area contributed by atoms with E-state index in [1.54, 1.807) is 11.3 Å². The van der Waals surface area contributed by atoms with Crippen molar-refractivity contribution in [1.29, 1.82) is 0 Å². The highest BCUT2D eigenvalue weighted by molar-refractivity contribution is 7.88. The van der Waals surface area contributed by atoms with Gasteiger partial charge in [0.15, 0.2) is 0 Å². The molecule has 1 unspecified atom stereocenters. The van der Waals surface area contributed by atoms with E-state index in [4.69, 9.17) is 0 Å². The van der Waals surface area contributed by atoms with Crippen molar-refractivity contribution in [2.24, 2.45) is 0 Å². The second-order valence-corrected chi connectivity index (χ2v) is 10.4. The van der Waals surface area contributed by atoms with Crippen LogP contribution in [-0.2, 0) is 14.8 Å². The summed E-state index contributed by atoms with van der Waals surface area (Å²) in [6.45, 7) is 2.46. The van der Waals surface area contributed by atoms with Gasteiger partial charge in [-0.25, -0.2) is 13.4 Å². The van der Waals surface area contributed by atoms with Gasteiger partial charge in [0.05, 0.1) is 16.5 Å². The fourth-order valence-electron chi connectivity index (χ4n) is 3.64. The highest BCUT2D eigenvalue weighted by Crippen LogP contribution is 2.31. The predicted octanol–water partition coefficient (Wildman–Crippen LogP) is 4.02. The molecule has 1 amide bonds. The molecule has 1 N–H and O–H groups in total. The molecule has 1 saturated heterocycles. The van der Waals surface area contributed by atoms with Crippen LogP contribution in [0.3, 0.4) is 0 Å². The van der Waals surface area contributed by atoms with Crippen molar-refractivity contribution in [1.82, 2.24) is 9.29 Å². The molecule has 1 aliphatic heterocycles. The SMILES string of the molecule is Cc1ccc2nc(-c3ccc(NC(=O)C4CCCCN4S(C)(=O)=O)cc3)sc2c1. The number of nitrogens with one attached hydrogen (secondary N) is 1. The summed E-state index contributed by atoms with van der Waals surface area (Å²) >= 11 is 1.64. The zero-order valence-electron chi connectivity index (χ0n) is 16.4. The molecule has 6 nitrogen and oxygen atoms in total. The lowest BCUT2D eigenvalue weighted by Gasteiger charge is -2.32. The fourth-order valence-corrected chi connectivity index (χ4v) is 5.83. The number of anilines is 1. The largest absolute Gasteiger partial charge is 0.325 e. The average Bonchev–Trinajstić information content (AvgIpc) is 3.11. The molecule has 0 radical (unpaired) electrons. The van der Waals surface area contributed by atoms with Gasteiger partial charge in [-0.05, 0) is 61.7 Å². The van der Waals surface area contributed by atoms with Gasteiger partial charge in [0.25, 0.3) is 0 Å². The minimum absolute atomic E-state index is 0.279. The normalized spacial score (nSPS) is 18.1. The van der Waals surface area contributed by atoms with Gasteiger partial charge in [0.2, 0.25) is 15.9 Å². The van der Waals surface area contributed by atoms with Crippen LogP contribution in [0.2, 0.25) is 0 Å². The molecule has 1 atom stereocenters. The van der Waals surface area contributed by atoms with E-state index >= 15 is 0 Å². The van der Waals surface area contributed by atoms with Crippen LogP contribution in [0.25, 0.3) is 20.8 Å². The van der Waals surface area contributed by atoms with E-state index in [1.165, 1.54) is 9.87 Å². The quantitative estimate of drug-likeness (QED) is 0.679. The van der Waals surface area contributed by atoms with Crippen molar-refractivity contribution in [3.8, 4) is 10.6 Å². The van der Waals surface area contributed by atoms with E-state index in [1.807, 2.05) is 30.3 Å². The number of hydrogen-bond acceptors (Lipinski definition) is 5. The van der Waals surface area contributed by atoms with Gasteiger partial charge in [-0.15, -0.1) is 11.3 Å². The molecule has 0 saturated carbocycles. The minimum Gasteiger partial charge on any atom is -0.325 e. The Bertz CT molecular complexity index is 1150. The summed E-state index contributed by atoms with van der Waals surface area (Å²) in [5, 5.41) is 3.79. The molecular weight excluding hydrogens is 406 g/mol. The van der Waals surface area contributed by atoms with E-state index in [9.17, 15) is 13.2 Å². The standard InChI is InChI=1S/C21H23N3O3S2/c1-14-6-11-17-19(13-14)28-21(23-17)15-7-9-16(10-8-15)22-20(25)18-5-3-4-12-24(18)29(2,26)27/h6-11,13,18H,3-5,12H2,1-2H3,(H,22,25). The summed E-state index contributed by atoms with van der Waals surface area (Å²) in [5.74, 6) is -0.279. The number of thiazole rings is 1. The molecule has 8 heteroatoms. The molecule has 4 rings (SSSR count). The molecule has 152 valence electrons. The molecule has 1 aromatic heterocycles. The predicted molar refractivity (Wildman–Crippen MR) is 118 cm³/mol. The summed E-state index contributed by atoms with van der Waals surface area (Å²) in [6, 6.07) is 13.1. The highest BCUT2D eigenvalue weighted by Gasteiger charge is 2.34. The first kappa shape index (κ1) is 20.0. The smallest absolute Gasteiger partial charge is 0.242 e. The number of hydrogen-bond donors (Lipinski definition) is 1. The van der Waals surface area contributed by atoms with Crippen molar-refractivity contribution >= 4 is 43.2 Å². The third-order valence-corrected chi connectivity index (χ3v) is 7.48. The average molecular weight is 430 g/mol. The minimum atomic E-state index is -3.41. The van der Waals surface area contributed by atoms with Gasteiger partial charge >= 0.3 is 0 Å². The summed E-state index contributed by atoms with van der Waals surface area (Å²) < 4.78 is 26.4. The molecule has 0 aliphatic carbocycles. The van der Waals surface area contributed by atoms with Crippen LogP contribution in [0.1, 0.15) is 24.8 Å². The molecule has 3 aromatic rings. The number of amides is 1. The Balaban J connectivity index is 1.50. The first-order valence-electron chi connectivity index (χ1n) is 9.56. The number of carbonyl (C=O) groups excluding carboxylic acids is 1. The number of rotatable bonds is 4. The lowest BCUT2D eigenvalue weighted by Crippen LogP contribution is -2.49. The third kappa shape index (κ3) is 4.34. The van der Waals surface area contributed by atoms with Gasteiger partial charge in [0.1, 0.15) is 11.0 Å². The van der Waals surface area contributed by atoms with Crippen molar-refractivity contribution in [3.05, 3.63) is 48.0 Å². The number of sulfonamides is 1. The zero-order chi connectivity index (χ0) is 20.6. The summed E-state index contributed by atoms with van der Waals surface area (Å²) in [7, 11) is -3.41. The summed E-state index contributed by atoms with van der Waals surface area (Å²) in [6.07, 6.45) is 3.34. The number of benzene rings is 2. The number of piperidine rings is 1. The summed E-state index contributed by atoms with van der Waals surface area (Å²) in [5.41, 5.74) is 3.81. The van der Waals surface area contributed by atoms with Crippen LogP contribution in [0.15, 0.2) is 42.5 Å². The Hall–Kier alpha value is -2.29. The lowest BCUT2D eigenvalue weighted by atomic mass is 10.0. The van der Waals surface area contributed by atoms with Crippen molar-refractivity contribution in [2.45, 2.75) is 32.2 Å².